The molecule has 9 aromatic rings. The first kappa shape index (κ1) is 29.9. The Kier molecular flexibility index (Phi) is 7.39. The summed E-state index contributed by atoms with van der Waals surface area (Å²) in [7, 11) is 0. The lowest BCUT2D eigenvalue weighted by atomic mass is 9.88. The first-order valence-electron chi connectivity index (χ1n) is 17.4. The lowest BCUT2D eigenvalue weighted by molar-refractivity contribution is 0.618. The summed E-state index contributed by atoms with van der Waals surface area (Å²) in [6, 6.07) is 56.8. The molecule has 2 aromatic heterocycles. The molecule has 240 valence electrons. The van der Waals surface area contributed by atoms with E-state index in [4.69, 9.17) is 9.40 Å². The van der Waals surface area contributed by atoms with Crippen LogP contribution in [-0.4, -0.2) is 9.55 Å². The number of nitrogens with zero attached hydrogens (tertiary/aromatic N) is 2. The SMILES string of the molecule is CCCc1cc(-c2ccccc2-c2ccccc2-c2ccc3c(c2)c2ccccc2n3-c2ccccc2)ccc1-c1nc2c(C)cccc2o1. The van der Waals surface area contributed by atoms with Crippen LogP contribution in [-0.2, 0) is 6.42 Å². The van der Waals surface area contributed by atoms with Crippen LogP contribution in [0.5, 0.6) is 0 Å². The van der Waals surface area contributed by atoms with Crippen LogP contribution in [0, 0.1) is 6.92 Å². The number of benzene rings is 7. The molecule has 0 amide bonds. The summed E-state index contributed by atoms with van der Waals surface area (Å²) in [6.45, 7) is 4.31. The van der Waals surface area contributed by atoms with Crippen molar-refractivity contribution in [1.29, 1.82) is 0 Å². The highest BCUT2D eigenvalue weighted by molar-refractivity contribution is 6.11. The van der Waals surface area contributed by atoms with Crippen molar-refractivity contribution in [3.63, 3.8) is 0 Å². The number of para-hydroxylation sites is 3. The van der Waals surface area contributed by atoms with Gasteiger partial charge in [-0.25, -0.2) is 4.98 Å². The maximum Gasteiger partial charge on any atom is 0.227 e. The van der Waals surface area contributed by atoms with E-state index in [0.29, 0.717) is 5.89 Å². The van der Waals surface area contributed by atoms with Gasteiger partial charge in [0.2, 0.25) is 5.89 Å². The number of oxazole rings is 1. The highest BCUT2D eigenvalue weighted by Gasteiger charge is 2.18. The van der Waals surface area contributed by atoms with E-state index in [1.807, 2.05) is 12.1 Å². The zero-order valence-corrected chi connectivity index (χ0v) is 28.2. The van der Waals surface area contributed by atoms with Gasteiger partial charge in [0.05, 0.1) is 11.0 Å². The summed E-state index contributed by atoms with van der Waals surface area (Å²) < 4.78 is 8.67. The van der Waals surface area contributed by atoms with E-state index in [-0.39, 0.29) is 0 Å². The van der Waals surface area contributed by atoms with Crippen LogP contribution in [0.3, 0.4) is 0 Å². The van der Waals surface area contributed by atoms with Gasteiger partial charge in [-0.3, -0.25) is 0 Å². The summed E-state index contributed by atoms with van der Waals surface area (Å²) in [4.78, 5) is 4.93. The minimum atomic E-state index is 0.687. The van der Waals surface area contributed by atoms with Crippen LogP contribution >= 0.6 is 0 Å². The van der Waals surface area contributed by atoms with E-state index in [0.717, 1.165) is 35.1 Å². The maximum atomic E-state index is 6.30. The molecule has 50 heavy (non-hydrogen) atoms. The van der Waals surface area contributed by atoms with Crippen molar-refractivity contribution in [2.45, 2.75) is 26.7 Å². The quantitative estimate of drug-likeness (QED) is 0.173. The summed E-state index contributed by atoms with van der Waals surface area (Å²) in [5.41, 5.74) is 16.0. The maximum absolute atomic E-state index is 6.30. The first-order chi connectivity index (χ1) is 24.7. The molecular formula is C47H36N2O. The fraction of sp³-hybridized carbons (Fsp3) is 0.0851. The monoisotopic (exact) mass is 644 g/mol. The Morgan fingerprint density at radius 1 is 0.540 bits per heavy atom. The van der Waals surface area contributed by atoms with Gasteiger partial charge in [-0.2, -0.15) is 0 Å². The number of aryl methyl sites for hydroxylation is 2. The Labute approximate surface area is 292 Å². The predicted octanol–water partition coefficient (Wildman–Crippen LogP) is 12.9. The zero-order valence-electron chi connectivity index (χ0n) is 28.2. The summed E-state index contributed by atoms with van der Waals surface area (Å²) in [6.07, 6.45) is 1.97. The minimum Gasteiger partial charge on any atom is -0.436 e. The molecule has 0 aliphatic heterocycles. The van der Waals surface area contributed by atoms with Crippen LogP contribution in [0.4, 0.5) is 0 Å². The molecule has 0 N–H and O–H groups in total. The minimum absolute atomic E-state index is 0.687. The van der Waals surface area contributed by atoms with Crippen LogP contribution in [0.1, 0.15) is 24.5 Å². The molecule has 0 fully saturated rings. The third-order valence-corrected chi connectivity index (χ3v) is 9.93. The van der Waals surface area contributed by atoms with E-state index in [1.54, 1.807) is 0 Å². The molecule has 0 spiro atoms. The molecule has 0 atom stereocenters. The molecule has 0 bridgehead atoms. The molecule has 7 aromatic carbocycles. The number of hydrogen-bond donors (Lipinski definition) is 0. The average molecular weight is 645 g/mol. The van der Waals surface area contributed by atoms with Crippen molar-refractivity contribution in [3.05, 3.63) is 169 Å². The van der Waals surface area contributed by atoms with Gasteiger partial charge in [-0.1, -0.05) is 129 Å². The van der Waals surface area contributed by atoms with Gasteiger partial charge in [0, 0.05) is 22.0 Å². The lowest BCUT2D eigenvalue weighted by Gasteiger charge is -2.16. The Morgan fingerprint density at radius 2 is 1.18 bits per heavy atom. The third kappa shape index (κ3) is 5.02. The summed E-state index contributed by atoms with van der Waals surface area (Å²) in [5, 5.41) is 2.50. The van der Waals surface area contributed by atoms with E-state index >= 15 is 0 Å². The van der Waals surface area contributed by atoms with Crippen molar-refractivity contribution in [1.82, 2.24) is 9.55 Å². The number of fused-ring (bicyclic) bond motifs is 4. The molecule has 0 unspecified atom stereocenters. The molecule has 0 saturated heterocycles. The topological polar surface area (TPSA) is 31.0 Å². The number of rotatable bonds is 7. The third-order valence-electron chi connectivity index (χ3n) is 9.93. The van der Waals surface area contributed by atoms with Crippen molar-refractivity contribution < 1.29 is 4.42 Å². The molecular weight excluding hydrogens is 609 g/mol. The summed E-state index contributed by atoms with van der Waals surface area (Å²) >= 11 is 0. The van der Waals surface area contributed by atoms with Gasteiger partial charge in [0.1, 0.15) is 5.52 Å². The van der Waals surface area contributed by atoms with Crippen molar-refractivity contribution in [3.8, 4) is 50.5 Å². The zero-order chi connectivity index (χ0) is 33.6. The largest absolute Gasteiger partial charge is 0.436 e. The Hall–Kier alpha value is -6.19. The van der Waals surface area contributed by atoms with E-state index in [2.05, 4.69) is 164 Å². The van der Waals surface area contributed by atoms with Crippen molar-refractivity contribution in [2.24, 2.45) is 0 Å². The highest BCUT2D eigenvalue weighted by Crippen LogP contribution is 2.42. The van der Waals surface area contributed by atoms with Gasteiger partial charge >= 0.3 is 0 Å². The Balaban J connectivity index is 1.17. The molecule has 3 heteroatoms. The number of hydrogen-bond acceptors (Lipinski definition) is 2. The molecule has 0 aliphatic carbocycles. The standard InChI is InChI=1S/C47H36N2O/c1-3-14-32-29-33(25-27-38(32)47-48-46-31(2)15-13-24-45(46)50-47)36-18-7-9-20-39(36)40-21-10-8-19-37(40)34-26-28-44-42(30-34)41-22-11-12-23-43(41)49(44)35-16-5-4-6-17-35/h4-13,15-30H,3,14H2,1-2H3. The van der Waals surface area contributed by atoms with E-state index in [1.165, 1.54) is 66.4 Å². The molecule has 0 aliphatic rings. The highest BCUT2D eigenvalue weighted by atomic mass is 16.3. The average Bonchev–Trinajstić information content (AvgIpc) is 3.75. The van der Waals surface area contributed by atoms with Gasteiger partial charge in [-0.05, 0) is 100 Å². The van der Waals surface area contributed by atoms with Crippen LogP contribution < -0.4 is 0 Å². The normalized spacial score (nSPS) is 11.6. The number of aromatic nitrogens is 2. The van der Waals surface area contributed by atoms with E-state index < -0.39 is 0 Å². The van der Waals surface area contributed by atoms with Crippen LogP contribution in [0.25, 0.3) is 83.4 Å². The van der Waals surface area contributed by atoms with E-state index in [9.17, 15) is 0 Å². The van der Waals surface area contributed by atoms with Gasteiger partial charge in [-0.15, -0.1) is 0 Å². The smallest absolute Gasteiger partial charge is 0.227 e. The lowest BCUT2D eigenvalue weighted by Crippen LogP contribution is -1.94. The second-order valence-electron chi connectivity index (χ2n) is 13.1. The second-order valence-corrected chi connectivity index (χ2v) is 13.1. The fourth-order valence-corrected chi connectivity index (χ4v) is 7.58. The van der Waals surface area contributed by atoms with Gasteiger partial charge < -0.3 is 8.98 Å². The molecule has 9 rings (SSSR count). The van der Waals surface area contributed by atoms with Crippen LogP contribution in [0.15, 0.2) is 162 Å². The van der Waals surface area contributed by atoms with Crippen molar-refractivity contribution >= 4 is 32.9 Å². The van der Waals surface area contributed by atoms with Gasteiger partial charge in [0.25, 0.3) is 0 Å². The molecule has 0 saturated carbocycles. The van der Waals surface area contributed by atoms with Gasteiger partial charge in [0.15, 0.2) is 5.58 Å². The molecule has 0 radical (unpaired) electrons. The van der Waals surface area contributed by atoms with Crippen molar-refractivity contribution in [2.75, 3.05) is 0 Å². The van der Waals surface area contributed by atoms with Crippen LogP contribution in [0.2, 0.25) is 0 Å². The first-order valence-corrected chi connectivity index (χ1v) is 17.4. The molecule has 2 heterocycles. The Morgan fingerprint density at radius 3 is 1.92 bits per heavy atom. The predicted molar refractivity (Wildman–Crippen MR) is 209 cm³/mol. The Bertz CT molecular complexity index is 2680. The fourth-order valence-electron chi connectivity index (χ4n) is 7.58. The molecule has 3 nitrogen and oxygen atoms in total. The summed E-state index contributed by atoms with van der Waals surface area (Å²) in [5.74, 6) is 0.687. The second kappa shape index (κ2) is 12.4.